The Morgan fingerprint density at radius 3 is 2.46 bits per heavy atom. The number of benzene rings is 2. The number of carboxylic acid groups (broad SMARTS) is 1. The van der Waals surface area contributed by atoms with E-state index in [0.717, 1.165) is 22.2 Å². The third-order valence-electron chi connectivity index (χ3n) is 3.58. The number of amidine groups is 1. The largest absolute Gasteiger partial charge is 0.478 e. The summed E-state index contributed by atoms with van der Waals surface area (Å²) in [5, 5.41) is 8.96. The molecule has 0 unspecified atom stereocenters. The van der Waals surface area contributed by atoms with Crippen molar-refractivity contribution in [2.24, 2.45) is 10.7 Å². The number of rotatable bonds is 4. The highest BCUT2D eigenvalue weighted by Gasteiger charge is 2.09. The minimum atomic E-state index is -0.948. The lowest BCUT2D eigenvalue weighted by Gasteiger charge is -2.03. The van der Waals surface area contributed by atoms with Crippen LogP contribution in [0.5, 0.6) is 0 Å². The third kappa shape index (κ3) is 3.12. The van der Waals surface area contributed by atoms with Crippen molar-refractivity contribution in [2.45, 2.75) is 19.9 Å². The van der Waals surface area contributed by atoms with E-state index in [9.17, 15) is 4.79 Å². The van der Waals surface area contributed by atoms with Crippen molar-refractivity contribution in [1.29, 1.82) is 0 Å². The van der Waals surface area contributed by atoms with E-state index in [1.54, 1.807) is 24.3 Å². The summed E-state index contributed by atoms with van der Waals surface area (Å²) in [6.45, 7) is 3.95. The molecule has 3 aromatic rings. The first-order valence-corrected chi connectivity index (χ1v) is 7.61. The zero-order chi connectivity index (χ0) is 17.3. The first kappa shape index (κ1) is 15.7. The number of hydrogen-bond acceptors (Lipinski definition) is 3. The van der Waals surface area contributed by atoms with Crippen molar-refractivity contribution in [3.63, 3.8) is 0 Å². The summed E-state index contributed by atoms with van der Waals surface area (Å²) in [5.41, 5.74) is 9.58. The van der Waals surface area contributed by atoms with Crippen molar-refractivity contribution in [3.05, 3.63) is 53.6 Å². The number of fused-ring (bicyclic) bond motifs is 1. The summed E-state index contributed by atoms with van der Waals surface area (Å²) in [5.74, 6) is 0.225. The van der Waals surface area contributed by atoms with Gasteiger partial charge in [-0.1, -0.05) is 12.1 Å². The second-order valence-electron chi connectivity index (χ2n) is 5.81. The van der Waals surface area contributed by atoms with Gasteiger partial charge in [-0.15, -0.1) is 0 Å². The van der Waals surface area contributed by atoms with Gasteiger partial charge in [0.05, 0.1) is 16.6 Å². The highest BCUT2D eigenvalue weighted by Crippen LogP contribution is 2.22. The summed E-state index contributed by atoms with van der Waals surface area (Å²) < 4.78 is 0. The quantitative estimate of drug-likeness (QED) is 0.507. The molecular formula is C18H18N4O2. The lowest BCUT2D eigenvalue weighted by Crippen LogP contribution is -2.15. The molecular weight excluding hydrogens is 304 g/mol. The highest BCUT2D eigenvalue weighted by molar-refractivity contribution is 6.00. The van der Waals surface area contributed by atoms with Gasteiger partial charge in [0, 0.05) is 17.2 Å². The number of imidazole rings is 1. The normalized spacial score (nSPS) is 12.0. The number of hydrogen-bond donors (Lipinski definition) is 3. The van der Waals surface area contributed by atoms with Gasteiger partial charge in [0.25, 0.3) is 0 Å². The van der Waals surface area contributed by atoms with Gasteiger partial charge in [-0.2, -0.15) is 0 Å². The Balaban J connectivity index is 1.98. The van der Waals surface area contributed by atoms with E-state index in [4.69, 9.17) is 10.8 Å². The van der Waals surface area contributed by atoms with Gasteiger partial charge in [0.1, 0.15) is 11.7 Å². The predicted octanol–water partition coefficient (Wildman–Crippen LogP) is 3.04. The van der Waals surface area contributed by atoms with Crippen LogP contribution in [-0.2, 0) is 0 Å². The molecule has 1 heterocycles. The lowest BCUT2D eigenvalue weighted by molar-refractivity contribution is 0.0697. The van der Waals surface area contributed by atoms with Crippen LogP contribution in [0.4, 0.5) is 0 Å². The van der Waals surface area contributed by atoms with Crippen LogP contribution < -0.4 is 5.73 Å². The second kappa shape index (κ2) is 6.16. The Kier molecular flexibility index (Phi) is 4.04. The van der Waals surface area contributed by atoms with Gasteiger partial charge < -0.3 is 15.8 Å². The molecule has 6 heteroatoms. The van der Waals surface area contributed by atoms with Crippen LogP contribution >= 0.6 is 0 Å². The third-order valence-corrected chi connectivity index (χ3v) is 3.58. The van der Waals surface area contributed by atoms with Crippen molar-refractivity contribution in [3.8, 4) is 11.4 Å². The molecule has 2 aromatic carbocycles. The van der Waals surface area contributed by atoms with Crippen LogP contribution in [0.15, 0.2) is 47.5 Å². The number of aromatic carboxylic acids is 1. The average Bonchev–Trinajstić information content (AvgIpc) is 2.97. The Hall–Kier alpha value is -3.15. The van der Waals surface area contributed by atoms with Crippen LogP contribution in [0.3, 0.4) is 0 Å². The summed E-state index contributed by atoms with van der Waals surface area (Å²) >= 11 is 0. The number of nitrogens with zero attached hydrogens (tertiary/aromatic N) is 2. The molecule has 0 saturated carbocycles. The first-order chi connectivity index (χ1) is 11.4. The maximum atomic E-state index is 10.9. The van der Waals surface area contributed by atoms with E-state index in [1.807, 2.05) is 32.0 Å². The number of aromatic nitrogens is 2. The first-order valence-electron chi connectivity index (χ1n) is 7.61. The van der Waals surface area contributed by atoms with Crippen molar-refractivity contribution in [1.82, 2.24) is 9.97 Å². The van der Waals surface area contributed by atoms with Crippen molar-refractivity contribution < 1.29 is 9.90 Å². The molecule has 0 aliphatic heterocycles. The van der Waals surface area contributed by atoms with Gasteiger partial charge in [0.15, 0.2) is 0 Å². The fourth-order valence-electron chi connectivity index (χ4n) is 2.43. The van der Waals surface area contributed by atoms with Crippen LogP contribution in [0.2, 0.25) is 0 Å². The Morgan fingerprint density at radius 1 is 1.17 bits per heavy atom. The van der Waals surface area contributed by atoms with E-state index in [-0.39, 0.29) is 11.6 Å². The summed E-state index contributed by atoms with van der Waals surface area (Å²) in [6, 6.07) is 12.4. The fourth-order valence-corrected chi connectivity index (χ4v) is 2.43. The Morgan fingerprint density at radius 2 is 1.83 bits per heavy atom. The van der Waals surface area contributed by atoms with Gasteiger partial charge >= 0.3 is 5.97 Å². The number of carbonyl (C=O) groups is 1. The highest BCUT2D eigenvalue weighted by atomic mass is 16.4. The summed E-state index contributed by atoms with van der Waals surface area (Å²) in [6.07, 6.45) is 0. The molecule has 0 aliphatic rings. The predicted molar refractivity (Wildman–Crippen MR) is 94.3 cm³/mol. The SMILES string of the molecule is CC(C)N=C(N)c1ccc2nc(-c3ccc(C(=O)O)cc3)[nH]c2c1. The minimum absolute atomic E-state index is 0.130. The number of aliphatic imine (C=N–C) groups is 1. The number of nitrogens with one attached hydrogen (secondary N) is 1. The molecule has 122 valence electrons. The van der Waals surface area contributed by atoms with Gasteiger partial charge in [-0.25, -0.2) is 9.78 Å². The molecule has 0 spiro atoms. The molecule has 0 atom stereocenters. The van der Waals surface area contributed by atoms with E-state index in [0.29, 0.717) is 11.7 Å². The molecule has 0 aliphatic carbocycles. The van der Waals surface area contributed by atoms with E-state index < -0.39 is 5.97 Å². The van der Waals surface area contributed by atoms with E-state index in [2.05, 4.69) is 15.0 Å². The molecule has 0 bridgehead atoms. The summed E-state index contributed by atoms with van der Waals surface area (Å²) in [7, 11) is 0. The van der Waals surface area contributed by atoms with Crippen LogP contribution in [0, 0.1) is 0 Å². The Bertz CT molecular complexity index is 924. The zero-order valence-corrected chi connectivity index (χ0v) is 13.4. The molecule has 1 aromatic heterocycles. The molecule has 6 nitrogen and oxygen atoms in total. The van der Waals surface area contributed by atoms with Crippen molar-refractivity contribution >= 4 is 22.8 Å². The van der Waals surface area contributed by atoms with Crippen molar-refractivity contribution in [2.75, 3.05) is 0 Å². The Labute approximate surface area is 139 Å². The molecule has 3 rings (SSSR count). The molecule has 0 amide bonds. The summed E-state index contributed by atoms with van der Waals surface area (Å²) in [4.78, 5) is 23.0. The number of nitrogens with two attached hydrogens (primary N) is 1. The maximum Gasteiger partial charge on any atom is 0.335 e. The van der Waals surface area contributed by atoms with E-state index >= 15 is 0 Å². The molecule has 24 heavy (non-hydrogen) atoms. The standard InChI is InChI=1S/C18H18N4O2/c1-10(2)20-16(19)13-7-8-14-15(9-13)22-17(21-14)11-3-5-12(6-4-11)18(23)24/h3-10H,1-2H3,(H2,19,20)(H,21,22)(H,23,24). The number of H-pyrrole nitrogens is 1. The van der Waals surface area contributed by atoms with Crippen LogP contribution in [-0.4, -0.2) is 32.9 Å². The lowest BCUT2D eigenvalue weighted by atomic mass is 10.1. The smallest absolute Gasteiger partial charge is 0.335 e. The van der Waals surface area contributed by atoms with Gasteiger partial charge in [-0.3, -0.25) is 4.99 Å². The molecule has 0 fully saturated rings. The molecule has 4 N–H and O–H groups in total. The topological polar surface area (TPSA) is 104 Å². The number of aromatic amines is 1. The number of carboxylic acids is 1. The molecule has 0 saturated heterocycles. The van der Waals surface area contributed by atoms with Gasteiger partial charge in [-0.05, 0) is 44.2 Å². The second-order valence-corrected chi connectivity index (χ2v) is 5.81. The zero-order valence-electron chi connectivity index (χ0n) is 13.4. The minimum Gasteiger partial charge on any atom is -0.478 e. The monoisotopic (exact) mass is 322 g/mol. The average molecular weight is 322 g/mol. The van der Waals surface area contributed by atoms with Gasteiger partial charge in [0.2, 0.25) is 0 Å². The maximum absolute atomic E-state index is 10.9. The molecule has 0 radical (unpaired) electrons. The fraction of sp³-hybridized carbons (Fsp3) is 0.167. The van der Waals surface area contributed by atoms with Crippen LogP contribution in [0.1, 0.15) is 29.8 Å². The van der Waals surface area contributed by atoms with Crippen LogP contribution in [0.25, 0.3) is 22.4 Å². The van der Waals surface area contributed by atoms with E-state index in [1.165, 1.54) is 0 Å².